The summed E-state index contributed by atoms with van der Waals surface area (Å²) in [5.41, 5.74) is 1.32. The molecule has 2 rings (SSSR count). The molecule has 1 aromatic carbocycles. The quantitative estimate of drug-likeness (QED) is 0.837. The molecule has 1 heterocycles. The molecule has 24 heavy (non-hydrogen) atoms. The van der Waals surface area contributed by atoms with Crippen molar-refractivity contribution in [3.63, 3.8) is 0 Å². The molecule has 0 saturated carbocycles. The Morgan fingerprint density at radius 1 is 1.29 bits per heavy atom. The molecular weight excluding hydrogens is 324 g/mol. The predicted octanol–water partition coefficient (Wildman–Crippen LogP) is 2.59. The van der Waals surface area contributed by atoms with E-state index in [2.05, 4.69) is 5.32 Å². The van der Waals surface area contributed by atoms with Gasteiger partial charge in [0.25, 0.3) is 0 Å². The maximum absolute atomic E-state index is 12.4. The third kappa shape index (κ3) is 4.13. The second kappa shape index (κ2) is 7.77. The average molecular weight is 348 g/mol. The van der Waals surface area contributed by atoms with Gasteiger partial charge in [-0.15, -0.1) is 0 Å². The highest BCUT2D eigenvalue weighted by atomic mass is 32.1. The van der Waals surface area contributed by atoms with Crippen molar-refractivity contribution >= 4 is 17.2 Å². The number of nitrogens with zero attached hydrogens (tertiary/aromatic N) is 1. The van der Waals surface area contributed by atoms with E-state index in [1.54, 1.807) is 11.7 Å². The van der Waals surface area contributed by atoms with Crippen LogP contribution in [-0.2, 0) is 21.6 Å². The molecule has 0 aliphatic rings. The fourth-order valence-corrected chi connectivity index (χ4v) is 3.57. The third-order valence-electron chi connectivity index (χ3n) is 4.20. The van der Waals surface area contributed by atoms with Gasteiger partial charge < -0.3 is 14.6 Å². The summed E-state index contributed by atoms with van der Waals surface area (Å²) in [5.74, 6) is -0.103. The molecule has 1 atom stereocenters. The van der Waals surface area contributed by atoms with Gasteiger partial charge in [0.2, 0.25) is 5.91 Å². The van der Waals surface area contributed by atoms with Crippen LogP contribution in [0.3, 0.4) is 0 Å². The van der Waals surface area contributed by atoms with Gasteiger partial charge in [0.15, 0.2) is 0 Å². The maximum Gasteiger partial charge on any atom is 0.307 e. The van der Waals surface area contributed by atoms with E-state index in [-0.39, 0.29) is 17.2 Å². The second-order valence-electron chi connectivity index (χ2n) is 6.09. The summed E-state index contributed by atoms with van der Waals surface area (Å²) in [6, 6.07) is 9.75. The molecule has 0 radical (unpaired) electrons. The lowest BCUT2D eigenvalue weighted by atomic mass is 9.92. The molecule has 5 nitrogen and oxygen atoms in total. The SMILES string of the molecule is COCC(C)(NC(=O)CCn1c(C)c(C)sc1=O)c1ccccc1. The summed E-state index contributed by atoms with van der Waals surface area (Å²) in [5, 5.41) is 3.05. The summed E-state index contributed by atoms with van der Waals surface area (Å²) in [6.07, 6.45) is 0.253. The normalized spacial score (nSPS) is 13.5. The van der Waals surface area contributed by atoms with Crippen LogP contribution in [0.2, 0.25) is 0 Å². The molecule has 2 aromatic rings. The van der Waals surface area contributed by atoms with Crippen LogP contribution in [0.4, 0.5) is 0 Å². The van der Waals surface area contributed by atoms with E-state index >= 15 is 0 Å². The van der Waals surface area contributed by atoms with Gasteiger partial charge in [-0.3, -0.25) is 9.59 Å². The topological polar surface area (TPSA) is 60.3 Å². The summed E-state index contributed by atoms with van der Waals surface area (Å²) < 4.78 is 6.96. The van der Waals surface area contributed by atoms with Crippen LogP contribution in [-0.4, -0.2) is 24.2 Å². The smallest absolute Gasteiger partial charge is 0.307 e. The van der Waals surface area contributed by atoms with Crippen molar-refractivity contribution in [3.05, 3.63) is 56.1 Å². The second-order valence-corrected chi connectivity index (χ2v) is 7.26. The van der Waals surface area contributed by atoms with E-state index in [1.165, 1.54) is 11.3 Å². The minimum absolute atomic E-state index is 0.0134. The van der Waals surface area contributed by atoms with E-state index in [1.807, 2.05) is 51.1 Å². The number of thiazole rings is 1. The summed E-state index contributed by atoms with van der Waals surface area (Å²) >= 11 is 1.22. The number of carbonyl (C=O) groups is 1. The highest BCUT2D eigenvalue weighted by Gasteiger charge is 2.28. The number of ether oxygens (including phenoxy) is 1. The number of aryl methyl sites for hydroxylation is 1. The highest BCUT2D eigenvalue weighted by molar-refractivity contribution is 7.09. The lowest BCUT2D eigenvalue weighted by Crippen LogP contribution is -2.47. The zero-order chi connectivity index (χ0) is 17.7. The fourth-order valence-electron chi connectivity index (χ4n) is 2.72. The van der Waals surface area contributed by atoms with Crippen molar-refractivity contribution in [3.8, 4) is 0 Å². The Hall–Kier alpha value is -1.92. The predicted molar refractivity (Wildman–Crippen MR) is 96.5 cm³/mol. The van der Waals surface area contributed by atoms with E-state index < -0.39 is 5.54 Å². The van der Waals surface area contributed by atoms with Crippen molar-refractivity contribution in [1.82, 2.24) is 9.88 Å². The Morgan fingerprint density at radius 3 is 2.50 bits per heavy atom. The molecule has 0 aliphatic heterocycles. The first kappa shape index (κ1) is 18.4. The number of rotatable bonds is 7. The monoisotopic (exact) mass is 348 g/mol. The van der Waals surface area contributed by atoms with Crippen molar-refractivity contribution in [2.75, 3.05) is 13.7 Å². The standard InChI is InChI=1S/C18H24N2O3S/c1-13-14(2)24-17(22)20(13)11-10-16(21)19-18(3,12-23-4)15-8-6-5-7-9-15/h5-9H,10-12H2,1-4H3,(H,19,21). The molecule has 130 valence electrons. The Morgan fingerprint density at radius 2 is 1.96 bits per heavy atom. The first-order chi connectivity index (χ1) is 11.4. The molecule has 0 aliphatic carbocycles. The molecule has 1 aromatic heterocycles. The van der Waals surface area contributed by atoms with E-state index in [4.69, 9.17) is 4.74 Å². The molecule has 1 unspecified atom stereocenters. The number of nitrogens with one attached hydrogen (secondary N) is 1. The van der Waals surface area contributed by atoms with Gasteiger partial charge in [-0.25, -0.2) is 0 Å². The van der Waals surface area contributed by atoms with Gasteiger partial charge in [0, 0.05) is 30.6 Å². The molecule has 0 bridgehead atoms. The summed E-state index contributed by atoms with van der Waals surface area (Å²) in [7, 11) is 1.62. The van der Waals surface area contributed by atoms with Gasteiger partial charge >= 0.3 is 4.87 Å². The van der Waals surface area contributed by atoms with Crippen molar-refractivity contribution in [2.24, 2.45) is 0 Å². The lowest BCUT2D eigenvalue weighted by molar-refractivity contribution is -0.124. The average Bonchev–Trinajstić information content (AvgIpc) is 2.79. The van der Waals surface area contributed by atoms with Crippen molar-refractivity contribution < 1.29 is 9.53 Å². The van der Waals surface area contributed by atoms with Crippen LogP contribution in [0.1, 0.15) is 29.5 Å². The minimum Gasteiger partial charge on any atom is -0.382 e. The maximum atomic E-state index is 12.4. The number of amides is 1. The van der Waals surface area contributed by atoms with Crippen LogP contribution >= 0.6 is 11.3 Å². The summed E-state index contributed by atoms with van der Waals surface area (Å²) in [4.78, 5) is 25.3. The molecule has 0 fully saturated rings. The first-order valence-corrected chi connectivity index (χ1v) is 8.71. The number of aromatic nitrogens is 1. The van der Waals surface area contributed by atoms with Gasteiger partial charge in [-0.1, -0.05) is 41.7 Å². The zero-order valence-corrected chi connectivity index (χ0v) is 15.4. The Kier molecular flexibility index (Phi) is 5.96. The summed E-state index contributed by atoms with van der Waals surface area (Å²) in [6.45, 7) is 6.53. The molecule has 1 amide bonds. The van der Waals surface area contributed by atoms with Crippen LogP contribution < -0.4 is 10.2 Å². The Labute approximate surface area is 146 Å². The lowest BCUT2D eigenvalue weighted by Gasteiger charge is -2.31. The number of hydrogen-bond donors (Lipinski definition) is 1. The molecule has 6 heteroatoms. The molecule has 1 N–H and O–H groups in total. The Bertz CT molecular complexity index is 751. The molecular formula is C18H24N2O3S. The largest absolute Gasteiger partial charge is 0.382 e. The number of benzene rings is 1. The highest BCUT2D eigenvalue weighted by Crippen LogP contribution is 2.21. The van der Waals surface area contributed by atoms with Gasteiger partial charge in [-0.2, -0.15) is 0 Å². The number of carbonyl (C=O) groups excluding carboxylic acids is 1. The number of hydrogen-bond acceptors (Lipinski definition) is 4. The van der Waals surface area contributed by atoms with Crippen LogP contribution in [0.25, 0.3) is 0 Å². The molecule has 0 saturated heterocycles. The van der Waals surface area contributed by atoms with Crippen molar-refractivity contribution in [2.45, 2.75) is 39.3 Å². The van der Waals surface area contributed by atoms with Crippen LogP contribution in [0.15, 0.2) is 35.1 Å². The van der Waals surface area contributed by atoms with Crippen molar-refractivity contribution in [1.29, 1.82) is 0 Å². The van der Waals surface area contributed by atoms with Gasteiger partial charge in [0.05, 0.1) is 12.1 Å². The number of methoxy groups -OCH3 is 1. The fraction of sp³-hybridized carbons (Fsp3) is 0.444. The van der Waals surface area contributed by atoms with E-state index in [0.717, 1.165) is 16.1 Å². The van der Waals surface area contributed by atoms with Crippen LogP contribution in [0.5, 0.6) is 0 Å². The van der Waals surface area contributed by atoms with E-state index in [9.17, 15) is 9.59 Å². The first-order valence-electron chi connectivity index (χ1n) is 7.89. The Balaban J connectivity index is 2.07. The van der Waals surface area contributed by atoms with E-state index in [0.29, 0.717) is 13.2 Å². The zero-order valence-electron chi connectivity index (χ0n) is 14.6. The van der Waals surface area contributed by atoms with Gasteiger partial charge in [0.1, 0.15) is 0 Å². The minimum atomic E-state index is -0.600. The molecule has 0 spiro atoms. The van der Waals surface area contributed by atoms with Crippen LogP contribution in [0, 0.1) is 13.8 Å². The third-order valence-corrected chi connectivity index (χ3v) is 5.19. The van der Waals surface area contributed by atoms with Gasteiger partial charge in [-0.05, 0) is 26.3 Å².